The zero-order valence-electron chi connectivity index (χ0n) is 26.6. The molecule has 0 spiro atoms. The highest BCUT2D eigenvalue weighted by Gasteiger charge is 2.58. The Kier molecular flexibility index (Phi) is 8.43. The van der Waals surface area contributed by atoms with Crippen LogP contribution in [-0.2, 0) is 24.4 Å². The number of fused-ring (bicyclic) bond motifs is 1. The summed E-state index contributed by atoms with van der Waals surface area (Å²) in [6.45, 7) is 10.8. The number of amides is 1. The summed E-state index contributed by atoms with van der Waals surface area (Å²) in [5.41, 5.74) is 0.871. The Morgan fingerprint density at radius 2 is 1.96 bits per heavy atom. The van der Waals surface area contributed by atoms with Crippen molar-refractivity contribution in [2.45, 2.75) is 88.2 Å². The Morgan fingerprint density at radius 3 is 2.55 bits per heavy atom. The molecule has 6 rings (SSSR count). The summed E-state index contributed by atoms with van der Waals surface area (Å²) in [5, 5.41) is 21.8. The first-order valence-corrected chi connectivity index (χ1v) is 19.0. The Balaban J connectivity index is 1.44. The first-order chi connectivity index (χ1) is 22.1. The van der Waals surface area contributed by atoms with Gasteiger partial charge in [-0.2, -0.15) is 4.68 Å². The molecule has 4 atom stereocenters. The van der Waals surface area contributed by atoms with Crippen molar-refractivity contribution in [3.63, 3.8) is 0 Å². The van der Waals surface area contributed by atoms with Gasteiger partial charge in [0.25, 0.3) is 0 Å². The van der Waals surface area contributed by atoms with Gasteiger partial charge >= 0.3 is 5.97 Å². The van der Waals surface area contributed by atoms with E-state index in [4.69, 9.17) is 27.6 Å². The van der Waals surface area contributed by atoms with E-state index in [1.54, 1.807) is 12.3 Å². The van der Waals surface area contributed by atoms with Crippen molar-refractivity contribution < 1.29 is 28.3 Å². The van der Waals surface area contributed by atoms with E-state index in [0.717, 1.165) is 12.8 Å². The lowest BCUT2D eigenvalue weighted by Crippen LogP contribution is -2.47. The number of aldehydes is 1. The molecule has 3 aromatic rings. The standard InChI is InChI=1S/C32H35Cl2FN6O5Si/c1-31(2,3)47(4,5)46-32(10-11-32)29-26(34)19(8-12-36-29)25-18(9-13-42)22-14-17(15-23(43)41(22)28(25)30(44)45)24-21(40-16-37-38-39-40)7-6-20(33)27(24)35/h6-8,12-13,15-16,18,22,25,28H,9-11,14H2,1-5H3,(H,44,45)/t18?,22-,25?,28?/m1/s1. The smallest absolute Gasteiger partial charge is 0.327 e. The van der Waals surface area contributed by atoms with Gasteiger partial charge in [-0.1, -0.05) is 44.0 Å². The maximum Gasteiger partial charge on any atom is 0.327 e. The third-order valence-corrected chi connectivity index (χ3v) is 15.4. The number of carboxylic acid groups (broad SMARTS) is 1. The van der Waals surface area contributed by atoms with E-state index in [-0.39, 0.29) is 44.7 Å². The molecule has 2 aliphatic heterocycles. The number of halogens is 3. The lowest BCUT2D eigenvalue weighted by atomic mass is 9.78. The molecule has 1 aromatic carbocycles. The van der Waals surface area contributed by atoms with Gasteiger partial charge in [0, 0.05) is 36.2 Å². The van der Waals surface area contributed by atoms with Crippen LogP contribution in [-0.4, -0.2) is 73.8 Å². The first kappa shape index (κ1) is 33.4. The molecule has 1 amide bonds. The van der Waals surface area contributed by atoms with E-state index in [2.05, 4.69) is 54.4 Å². The number of carboxylic acids is 1. The minimum atomic E-state index is -2.25. The average Bonchev–Trinajstić information content (AvgIpc) is 3.40. The molecule has 248 valence electrons. The number of carbonyl (C=O) groups excluding carboxylic acids is 2. The second-order valence-electron chi connectivity index (χ2n) is 14.0. The normalized spacial score (nSPS) is 23.8. The Morgan fingerprint density at radius 1 is 1.23 bits per heavy atom. The van der Waals surface area contributed by atoms with Gasteiger partial charge in [0.15, 0.2) is 14.1 Å². The molecule has 2 aromatic heterocycles. The quantitative estimate of drug-likeness (QED) is 0.212. The number of benzene rings is 1. The fraction of sp³-hybridized carbons (Fsp3) is 0.469. The molecule has 0 radical (unpaired) electrons. The number of aliphatic carboxylic acids is 1. The van der Waals surface area contributed by atoms with Crippen molar-refractivity contribution in [1.29, 1.82) is 0 Å². The SMILES string of the molecule is CC(C)(C)[Si](C)(C)OC1(c2nccc(C3C(CC=O)[C@H]4CC(c5c(-n6cnnn6)ccc(Cl)c5F)=CC(=O)N4C3C(=O)O)c2Cl)CC1. The first-order valence-electron chi connectivity index (χ1n) is 15.4. The van der Waals surface area contributed by atoms with Gasteiger partial charge in [-0.05, 0) is 83.1 Å². The second-order valence-corrected chi connectivity index (χ2v) is 19.5. The molecule has 2 fully saturated rings. The van der Waals surface area contributed by atoms with Crippen molar-refractivity contribution >= 4 is 55.3 Å². The third kappa shape index (κ3) is 5.60. The number of nitrogens with zero attached hydrogens (tertiary/aromatic N) is 6. The van der Waals surface area contributed by atoms with E-state index < -0.39 is 55.5 Å². The number of hydrogen-bond donors (Lipinski definition) is 1. The zero-order chi connectivity index (χ0) is 34.1. The van der Waals surface area contributed by atoms with E-state index in [1.165, 1.54) is 34.1 Å². The van der Waals surface area contributed by atoms with Gasteiger partial charge in [0.05, 0.1) is 21.4 Å². The van der Waals surface area contributed by atoms with E-state index in [1.807, 2.05) is 0 Å². The van der Waals surface area contributed by atoms with E-state index in [9.17, 15) is 19.5 Å². The third-order valence-electron chi connectivity index (χ3n) is 10.2. The van der Waals surface area contributed by atoms with Crippen LogP contribution in [0.2, 0.25) is 28.2 Å². The van der Waals surface area contributed by atoms with Crippen LogP contribution in [0.25, 0.3) is 11.3 Å². The summed E-state index contributed by atoms with van der Waals surface area (Å²) in [6.07, 6.45) is 6.24. The molecule has 11 nitrogen and oxygen atoms in total. The molecule has 0 bridgehead atoms. The van der Waals surface area contributed by atoms with Crippen LogP contribution in [0.3, 0.4) is 0 Å². The molecule has 47 heavy (non-hydrogen) atoms. The molecular weight excluding hydrogens is 666 g/mol. The van der Waals surface area contributed by atoms with Crippen LogP contribution in [0.15, 0.2) is 36.8 Å². The van der Waals surface area contributed by atoms with Crippen molar-refractivity contribution in [2.24, 2.45) is 5.92 Å². The van der Waals surface area contributed by atoms with Gasteiger partial charge in [0.2, 0.25) is 5.91 Å². The maximum absolute atomic E-state index is 15.7. The molecule has 3 aliphatic rings. The van der Waals surface area contributed by atoms with Crippen LogP contribution in [0.4, 0.5) is 4.39 Å². The summed E-state index contributed by atoms with van der Waals surface area (Å²) in [5.74, 6) is -4.17. The number of hydrogen-bond acceptors (Lipinski definition) is 8. The minimum Gasteiger partial charge on any atom is -0.480 e. The van der Waals surface area contributed by atoms with E-state index in [0.29, 0.717) is 17.5 Å². The van der Waals surface area contributed by atoms with Gasteiger partial charge < -0.3 is 19.2 Å². The van der Waals surface area contributed by atoms with Gasteiger partial charge in [-0.3, -0.25) is 9.78 Å². The summed E-state index contributed by atoms with van der Waals surface area (Å²) in [4.78, 5) is 45.0. The highest BCUT2D eigenvalue weighted by Crippen LogP contribution is 2.57. The van der Waals surface area contributed by atoms with Gasteiger partial charge in [-0.25, -0.2) is 9.18 Å². The highest BCUT2D eigenvalue weighted by molar-refractivity contribution is 6.74. The average molecular weight is 702 g/mol. The zero-order valence-corrected chi connectivity index (χ0v) is 29.1. The fourth-order valence-electron chi connectivity index (χ4n) is 6.86. The maximum atomic E-state index is 15.7. The van der Waals surface area contributed by atoms with Crippen LogP contribution in [0.5, 0.6) is 0 Å². The summed E-state index contributed by atoms with van der Waals surface area (Å²) in [7, 11) is -2.25. The lowest BCUT2D eigenvalue weighted by Gasteiger charge is -2.39. The molecular formula is C32H35Cl2FN6O5Si. The minimum absolute atomic E-state index is 0.0145. The number of pyridine rings is 1. The second kappa shape index (κ2) is 11.9. The van der Waals surface area contributed by atoms with Gasteiger partial charge in [-0.15, -0.1) is 5.10 Å². The predicted molar refractivity (Wildman–Crippen MR) is 174 cm³/mol. The lowest BCUT2D eigenvalue weighted by molar-refractivity contribution is -0.148. The Hall–Kier alpha value is -3.52. The summed E-state index contributed by atoms with van der Waals surface area (Å²) >= 11 is 13.3. The Bertz CT molecular complexity index is 1790. The molecule has 1 N–H and O–H groups in total. The van der Waals surface area contributed by atoms with Crippen molar-refractivity contribution in [2.75, 3.05) is 0 Å². The highest BCUT2D eigenvalue weighted by atomic mass is 35.5. The molecule has 3 unspecified atom stereocenters. The number of aromatic nitrogens is 5. The largest absolute Gasteiger partial charge is 0.480 e. The monoisotopic (exact) mass is 700 g/mol. The van der Waals surface area contributed by atoms with Crippen LogP contribution >= 0.6 is 23.2 Å². The molecule has 1 aliphatic carbocycles. The Labute approximate surface area is 282 Å². The number of rotatable bonds is 9. The molecule has 1 saturated heterocycles. The van der Waals surface area contributed by atoms with Crippen molar-refractivity contribution in [3.8, 4) is 5.69 Å². The summed E-state index contributed by atoms with van der Waals surface area (Å²) in [6, 6.07) is 2.44. The van der Waals surface area contributed by atoms with Crippen molar-refractivity contribution in [3.05, 3.63) is 69.5 Å². The van der Waals surface area contributed by atoms with Crippen LogP contribution in [0.1, 0.15) is 69.2 Å². The van der Waals surface area contributed by atoms with Crippen LogP contribution < -0.4 is 0 Å². The molecule has 1 saturated carbocycles. The van der Waals surface area contributed by atoms with Crippen molar-refractivity contribution in [1.82, 2.24) is 30.1 Å². The molecule has 15 heteroatoms. The predicted octanol–water partition coefficient (Wildman–Crippen LogP) is 5.95. The van der Waals surface area contributed by atoms with Gasteiger partial charge in [0.1, 0.15) is 24.3 Å². The number of carbonyl (C=O) groups is 3. The molecule has 4 heterocycles. The number of tetrazole rings is 1. The fourth-order valence-corrected chi connectivity index (χ4v) is 9.02. The van der Waals surface area contributed by atoms with E-state index >= 15 is 4.39 Å². The topological polar surface area (TPSA) is 140 Å². The summed E-state index contributed by atoms with van der Waals surface area (Å²) < 4.78 is 23.9. The van der Waals surface area contributed by atoms with Crippen LogP contribution in [0, 0.1) is 11.7 Å².